The lowest BCUT2D eigenvalue weighted by Gasteiger charge is -2.10. The molecule has 0 saturated heterocycles. The Bertz CT molecular complexity index is 642. The molecule has 1 aromatic carbocycles. The zero-order valence-corrected chi connectivity index (χ0v) is 10.2. The molecule has 0 saturated carbocycles. The molecule has 1 unspecified atom stereocenters. The normalized spacial score (nSPS) is 12.6. The number of aryl methyl sites for hydroxylation is 1. The number of benzene rings is 1. The third-order valence-electron chi connectivity index (χ3n) is 2.82. The van der Waals surface area contributed by atoms with Crippen LogP contribution in [-0.4, -0.2) is 33.2 Å². The van der Waals surface area contributed by atoms with Crippen LogP contribution < -0.4 is 11.0 Å². The Labute approximate surface area is 103 Å². The summed E-state index contributed by atoms with van der Waals surface area (Å²) in [6.07, 6.45) is 0. The molecule has 0 aliphatic rings. The molecule has 3 N–H and O–H groups in total. The Morgan fingerprint density at radius 3 is 2.94 bits per heavy atom. The van der Waals surface area contributed by atoms with E-state index in [0.717, 1.165) is 5.52 Å². The van der Waals surface area contributed by atoms with Crippen LogP contribution in [0, 0.1) is 0 Å². The summed E-state index contributed by atoms with van der Waals surface area (Å²) in [7, 11) is 1.66. The van der Waals surface area contributed by atoms with Crippen LogP contribution in [0.4, 0.5) is 0 Å². The van der Waals surface area contributed by atoms with Crippen molar-refractivity contribution in [3.05, 3.63) is 34.2 Å². The average Bonchev–Trinajstić information content (AvgIpc) is 2.64. The van der Waals surface area contributed by atoms with E-state index in [0.29, 0.717) is 11.1 Å². The fourth-order valence-corrected chi connectivity index (χ4v) is 1.73. The van der Waals surface area contributed by atoms with E-state index in [9.17, 15) is 9.59 Å². The van der Waals surface area contributed by atoms with Crippen molar-refractivity contribution in [1.29, 1.82) is 0 Å². The van der Waals surface area contributed by atoms with Gasteiger partial charge in [-0.1, -0.05) is 0 Å². The second-order valence-electron chi connectivity index (χ2n) is 4.28. The molecule has 1 atom stereocenters. The summed E-state index contributed by atoms with van der Waals surface area (Å²) in [5.41, 5.74) is 1.59. The fraction of sp³-hybridized carbons (Fsp3) is 0.333. The van der Waals surface area contributed by atoms with Gasteiger partial charge < -0.3 is 15.4 Å². The Kier molecular flexibility index (Phi) is 3.20. The largest absolute Gasteiger partial charge is 0.394 e. The Balaban J connectivity index is 2.36. The highest BCUT2D eigenvalue weighted by molar-refractivity contribution is 5.97. The third-order valence-corrected chi connectivity index (χ3v) is 2.82. The first kappa shape index (κ1) is 12.4. The molecule has 0 fully saturated rings. The lowest BCUT2D eigenvalue weighted by atomic mass is 10.1. The van der Waals surface area contributed by atoms with Crippen LogP contribution in [-0.2, 0) is 7.05 Å². The topological polar surface area (TPSA) is 87.1 Å². The van der Waals surface area contributed by atoms with E-state index in [4.69, 9.17) is 5.11 Å². The van der Waals surface area contributed by atoms with Gasteiger partial charge in [0.15, 0.2) is 0 Å². The predicted octanol–water partition coefficient (Wildman–Crippen LogP) is -0.0228. The lowest BCUT2D eigenvalue weighted by Crippen LogP contribution is -2.34. The molecule has 2 aromatic rings. The standard InChI is InChI=1S/C12H15N3O3/c1-7(6-16)13-11(17)8-3-4-10-9(5-8)14-12(18)15(10)2/h3-5,7,16H,6H2,1-2H3,(H,13,17)(H,14,18). The summed E-state index contributed by atoms with van der Waals surface area (Å²) in [5, 5.41) is 11.5. The second-order valence-corrected chi connectivity index (χ2v) is 4.28. The van der Waals surface area contributed by atoms with Gasteiger partial charge in [-0.15, -0.1) is 0 Å². The highest BCUT2D eigenvalue weighted by Gasteiger charge is 2.11. The number of carbonyl (C=O) groups is 1. The number of aromatic nitrogens is 2. The van der Waals surface area contributed by atoms with Gasteiger partial charge in [-0.25, -0.2) is 4.79 Å². The van der Waals surface area contributed by atoms with Gasteiger partial charge in [-0.2, -0.15) is 0 Å². The molecule has 0 aliphatic heterocycles. The minimum absolute atomic E-state index is 0.115. The second kappa shape index (κ2) is 4.66. The van der Waals surface area contributed by atoms with E-state index in [1.54, 1.807) is 32.2 Å². The molecule has 1 aromatic heterocycles. The maximum absolute atomic E-state index is 11.8. The number of amides is 1. The minimum atomic E-state index is -0.303. The van der Waals surface area contributed by atoms with Crippen LogP contribution in [0.3, 0.4) is 0 Å². The van der Waals surface area contributed by atoms with E-state index < -0.39 is 0 Å². The van der Waals surface area contributed by atoms with Crippen LogP contribution in [0.25, 0.3) is 11.0 Å². The van der Waals surface area contributed by atoms with Crippen molar-refractivity contribution in [2.75, 3.05) is 6.61 Å². The minimum Gasteiger partial charge on any atom is -0.394 e. The molecule has 0 radical (unpaired) electrons. The number of H-pyrrole nitrogens is 1. The van der Waals surface area contributed by atoms with Crippen molar-refractivity contribution >= 4 is 16.9 Å². The highest BCUT2D eigenvalue weighted by atomic mass is 16.3. The summed E-state index contributed by atoms with van der Waals surface area (Å²) >= 11 is 0. The number of carbonyl (C=O) groups excluding carboxylic acids is 1. The molecule has 0 bridgehead atoms. The Morgan fingerprint density at radius 2 is 2.28 bits per heavy atom. The average molecular weight is 249 g/mol. The summed E-state index contributed by atoms with van der Waals surface area (Å²) in [4.78, 5) is 25.9. The van der Waals surface area contributed by atoms with Crippen LogP contribution in [0.2, 0.25) is 0 Å². The zero-order valence-electron chi connectivity index (χ0n) is 10.2. The van der Waals surface area contributed by atoms with E-state index in [1.165, 1.54) is 4.57 Å². The molecular weight excluding hydrogens is 234 g/mol. The number of nitrogens with zero attached hydrogens (tertiary/aromatic N) is 1. The molecule has 18 heavy (non-hydrogen) atoms. The molecule has 96 valence electrons. The number of imidazole rings is 1. The third kappa shape index (κ3) is 2.14. The zero-order chi connectivity index (χ0) is 13.3. The summed E-state index contributed by atoms with van der Waals surface area (Å²) in [5.74, 6) is -0.275. The molecular formula is C12H15N3O3. The molecule has 6 heteroatoms. The van der Waals surface area contributed by atoms with Crippen molar-refractivity contribution in [1.82, 2.24) is 14.9 Å². The molecule has 1 heterocycles. The van der Waals surface area contributed by atoms with Gasteiger partial charge >= 0.3 is 5.69 Å². The van der Waals surface area contributed by atoms with Crippen molar-refractivity contribution in [3.8, 4) is 0 Å². The maximum Gasteiger partial charge on any atom is 0.326 e. The highest BCUT2D eigenvalue weighted by Crippen LogP contribution is 2.12. The smallest absolute Gasteiger partial charge is 0.326 e. The van der Waals surface area contributed by atoms with Crippen molar-refractivity contribution < 1.29 is 9.90 Å². The number of rotatable bonds is 3. The number of fused-ring (bicyclic) bond motifs is 1. The number of nitrogens with one attached hydrogen (secondary N) is 2. The quantitative estimate of drug-likeness (QED) is 0.714. The molecule has 0 aliphatic carbocycles. The van der Waals surface area contributed by atoms with E-state index >= 15 is 0 Å². The first-order chi connectivity index (χ1) is 8.52. The lowest BCUT2D eigenvalue weighted by molar-refractivity contribution is 0.0922. The van der Waals surface area contributed by atoms with Gasteiger partial charge in [-0.05, 0) is 25.1 Å². The van der Waals surface area contributed by atoms with Gasteiger partial charge in [-0.3, -0.25) is 9.36 Å². The van der Waals surface area contributed by atoms with Crippen LogP contribution in [0.5, 0.6) is 0 Å². The number of hydrogen-bond donors (Lipinski definition) is 3. The Hall–Kier alpha value is -2.08. The Morgan fingerprint density at radius 1 is 1.56 bits per heavy atom. The van der Waals surface area contributed by atoms with E-state index in [1.807, 2.05) is 0 Å². The molecule has 1 amide bonds. The van der Waals surface area contributed by atoms with Crippen LogP contribution in [0.1, 0.15) is 17.3 Å². The van der Waals surface area contributed by atoms with Gasteiger partial charge in [0.2, 0.25) is 0 Å². The first-order valence-corrected chi connectivity index (χ1v) is 5.63. The molecule has 6 nitrogen and oxygen atoms in total. The van der Waals surface area contributed by atoms with Gasteiger partial charge in [0.05, 0.1) is 17.6 Å². The van der Waals surface area contributed by atoms with Gasteiger partial charge in [0, 0.05) is 18.7 Å². The number of aliphatic hydroxyl groups is 1. The molecule has 0 spiro atoms. The summed E-state index contributed by atoms with van der Waals surface area (Å²) in [6, 6.07) is 4.68. The fourth-order valence-electron chi connectivity index (χ4n) is 1.73. The van der Waals surface area contributed by atoms with Crippen molar-refractivity contribution in [2.24, 2.45) is 7.05 Å². The summed E-state index contributed by atoms with van der Waals surface area (Å²) < 4.78 is 1.48. The maximum atomic E-state index is 11.8. The number of aromatic amines is 1. The van der Waals surface area contributed by atoms with Crippen molar-refractivity contribution in [2.45, 2.75) is 13.0 Å². The van der Waals surface area contributed by atoms with Crippen LogP contribution >= 0.6 is 0 Å². The number of hydrogen-bond acceptors (Lipinski definition) is 3. The summed E-state index contributed by atoms with van der Waals surface area (Å²) in [6.45, 7) is 1.59. The molecule has 2 rings (SSSR count). The predicted molar refractivity (Wildman–Crippen MR) is 67.6 cm³/mol. The van der Waals surface area contributed by atoms with E-state index in [2.05, 4.69) is 10.3 Å². The van der Waals surface area contributed by atoms with Gasteiger partial charge in [0.1, 0.15) is 0 Å². The van der Waals surface area contributed by atoms with Gasteiger partial charge in [0.25, 0.3) is 5.91 Å². The monoisotopic (exact) mass is 249 g/mol. The number of aliphatic hydroxyl groups excluding tert-OH is 1. The van der Waals surface area contributed by atoms with Crippen molar-refractivity contribution in [3.63, 3.8) is 0 Å². The first-order valence-electron chi connectivity index (χ1n) is 5.63. The van der Waals surface area contributed by atoms with E-state index in [-0.39, 0.29) is 24.2 Å². The SMILES string of the molecule is CC(CO)NC(=O)c1ccc2c(c1)[nH]c(=O)n2C. The van der Waals surface area contributed by atoms with Crippen LogP contribution in [0.15, 0.2) is 23.0 Å².